The van der Waals surface area contributed by atoms with Gasteiger partial charge in [0.1, 0.15) is 19.3 Å². The molecule has 16 heteroatoms. The number of hydrogen-bond donors (Lipinski definition) is 2. The number of fused-ring (bicyclic) bond motifs is 1. The number of ether oxygens (including phenoxy) is 1. The number of anilines is 1. The van der Waals surface area contributed by atoms with Crippen molar-refractivity contribution in [2.75, 3.05) is 18.7 Å². The fourth-order valence-electron chi connectivity index (χ4n) is 3.94. The molecule has 0 fully saturated rings. The number of benzene rings is 1. The normalized spacial score (nSPS) is 14.7. The Morgan fingerprint density at radius 3 is 2.68 bits per heavy atom. The van der Waals surface area contributed by atoms with Gasteiger partial charge in [0, 0.05) is 28.4 Å². The molecule has 1 aliphatic rings. The van der Waals surface area contributed by atoms with E-state index in [1.54, 1.807) is 11.3 Å². The number of phosphoric ester groups is 1. The number of halogens is 4. The van der Waals surface area contributed by atoms with E-state index < -0.39 is 38.0 Å². The Morgan fingerprint density at radius 2 is 2.05 bits per heavy atom. The first kappa shape index (κ1) is 28.6. The minimum atomic E-state index is -4.97. The lowest BCUT2D eigenvalue weighted by atomic mass is 10.1. The minimum Gasteiger partial charge on any atom is -0.356 e. The van der Waals surface area contributed by atoms with Gasteiger partial charge in [-0.25, -0.2) is 8.96 Å². The number of nitrogens with zero attached hydrogens (tertiary/aromatic N) is 3. The summed E-state index contributed by atoms with van der Waals surface area (Å²) in [5.74, 6) is -2.09. The highest BCUT2D eigenvalue weighted by Crippen LogP contribution is 2.40. The van der Waals surface area contributed by atoms with Gasteiger partial charge >= 0.3 is 14.0 Å². The van der Waals surface area contributed by atoms with Crippen LogP contribution in [0.25, 0.3) is 11.3 Å². The lowest BCUT2D eigenvalue weighted by Crippen LogP contribution is -2.25. The molecule has 1 aromatic carbocycles. The van der Waals surface area contributed by atoms with Crippen molar-refractivity contribution in [3.8, 4) is 11.3 Å². The Morgan fingerprint density at radius 1 is 1.32 bits per heavy atom. The van der Waals surface area contributed by atoms with Gasteiger partial charge in [-0.3, -0.25) is 13.9 Å². The average Bonchev–Trinajstić information content (AvgIpc) is 3.38. The molecule has 3 heterocycles. The number of aryl methyl sites for hydroxylation is 1. The van der Waals surface area contributed by atoms with Crippen LogP contribution in [0.3, 0.4) is 0 Å². The molecule has 9 nitrogen and oxygen atoms in total. The first-order valence-electron chi connectivity index (χ1n) is 11.0. The van der Waals surface area contributed by atoms with Crippen LogP contribution in [0.2, 0.25) is 0 Å². The average molecular weight is 596 g/mol. The van der Waals surface area contributed by atoms with Crippen molar-refractivity contribution in [3.05, 3.63) is 55.8 Å². The third-order valence-electron chi connectivity index (χ3n) is 5.65. The van der Waals surface area contributed by atoms with Crippen LogP contribution in [-0.4, -0.2) is 34.0 Å². The molecule has 206 valence electrons. The molecule has 0 aliphatic carbocycles. The molecule has 0 unspecified atom stereocenters. The maximum atomic E-state index is 14.2. The number of aromatic nitrogens is 1. The second-order valence-corrected chi connectivity index (χ2v) is 11.4. The molecule has 0 saturated heterocycles. The molecule has 0 spiro atoms. The molecule has 1 amide bonds. The summed E-state index contributed by atoms with van der Waals surface area (Å²) in [7, 11) is -3.09. The number of carbonyl (C=O) groups excluding carboxylic acids is 1. The standard InChI is InChI=1S/C22H22F4N3O6PS2/c1-3-18-13(14-8-34-10-28(2)20(14)38-18)7-19(30)27-21-29(11-35-36(31,32)33)17(9-37-21)12-4-5-15(16(23)6-12)22(24,25)26/h4-6,9H,3,7-8,10-11H2,1-2H3,(H2,31,32,33)/b27-21-. The highest BCUT2D eigenvalue weighted by molar-refractivity contribution is 7.46. The molecule has 1 aliphatic heterocycles. The minimum absolute atomic E-state index is 0.0321. The molecule has 3 aromatic rings. The van der Waals surface area contributed by atoms with E-state index in [-0.39, 0.29) is 22.5 Å². The quantitative estimate of drug-likeness (QED) is 0.302. The Bertz CT molecular complexity index is 1480. The van der Waals surface area contributed by atoms with Crippen molar-refractivity contribution in [2.45, 2.75) is 39.3 Å². The van der Waals surface area contributed by atoms with E-state index in [2.05, 4.69) is 9.52 Å². The van der Waals surface area contributed by atoms with Crippen molar-refractivity contribution >= 4 is 41.4 Å². The zero-order valence-corrected chi connectivity index (χ0v) is 22.5. The van der Waals surface area contributed by atoms with E-state index in [9.17, 15) is 26.9 Å². The maximum absolute atomic E-state index is 14.2. The summed E-state index contributed by atoms with van der Waals surface area (Å²) in [6.45, 7) is 1.95. The van der Waals surface area contributed by atoms with Crippen molar-refractivity contribution in [1.82, 2.24) is 4.57 Å². The number of thiazole rings is 1. The molecular weight excluding hydrogens is 573 g/mol. The van der Waals surface area contributed by atoms with E-state index in [0.29, 0.717) is 31.9 Å². The van der Waals surface area contributed by atoms with Crippen molar-refractivity contribution in [3.63, 3.8) is 0 Å². The Hall–Kier alpha value is -2.39. The van der Waals surface area contributed by atoms with Gasteiger partial charge in [0.05, 0.1) is 29.3 Å². The smallest absolute Gasteiger partial charge is 0.356 e. The maximum Gasteiger partial charge on any atom is 0.471 e. The van der Waals surface area contributed by atoms with E-state index >= 15 is 0 Å². The molecular formula is C22H22F4N3O6PS2. The predicted molar refractivity (Wildman–Crippen MR) is 132 cm³/mol. The molecule has 2 N–H and O–H groups in total. The molecule has 0 radical (unpaired) electrons. The van der Waals surface area contributed by atoms with Crippen LogP contribution in [0.1, 0.15) is 28.5 Å². The van der Waals surface area contributed by atoms with Crippen molar-refractivity contribution in [1.29, 1.82) is 0 Å². The van der Waals surface area contributed by atoms with Crippen molar-refractivity contribution < 1.29 is 46.0 Å². The third kappa shape index (κ3) is 6.25. The number of hydrogen-bond acceptors (Lipinski definition) is 7. The molecule has 2 aromatic heterocycles. The Labute approximate surface area is 221 Å². The van der Waals surface area contributed by atoms with E-state index in [1.165, 1.54) is 5.38 Å². The number of rotatable bonds is 7. The van der Waals surface area contributed by atoms with Gasteiger partial charge in [0.25, 0.3) is 5.91 Å². The highest BCUT2D eigenvalue weighted by atomic mass is 32.1. The van der Waals surface area contributed by atoms with Gasteiger partial charge in [-0.1, -0.05) is 13.0 Å². The monoisotopic (exact) mass is 595 g/mol. The van der Waals surface area contributed by atoms with Gasteiger partial charge in [-0.15, -0.1) is 22.7 Å². The second-order valence-electron chi connectivity index (χ2n) is 8.27. The zero-order chi connectivity index (χ0) is 27.8. The number of alkyl halides is 3. The molecule has 4 rings (SSSR count). The Kier molecular flexibility index (Phi) is 8.28. The third-order valence-corrected chi connectivity index (χ3v) is 8.50. The largest absolute Gasteiger partial charge is 0.471 e. The summed E-state index contributed by atoms with van der Waals surface area (Å²) in [6, 6.07) is 2.21. The molecule has 0 bridgehead atoms. The fraction of sp³-hybridized carbons (Fsp3) is 0.364. The lowest BCUT2D eigenvalue weighted by molar-refractivity contribution is -0.140. The van der Waals surface area contributed by atoms with Crippen LogP contribution in [0.4, 0.5) is 22.6 Å². The van der Waals surface area contributed by atoms with E-state index in [4.69, 9.17) is 14.5 Å². The summed E-state index contributed by atoms with van der Waals surface area (Å²) in [6.07, 6.45) is -4.28. The van der Waals surface area contributed by atoms with Gasteiger partial charge in [-0.05, 0) is 24.1 Å². The number of thiophene rings is 1. The fourth-order valence-corrected chi connectivity index (χ4v) is 6.33. The summed E-state index contributed by atoms with van der Waals surface area (Å²) in [5, 5.41) is 2.38. The van der Waals surface area contributed by atoms with Crippen LogP contribution >= 0.6 is 30.5 Å². The number of amides is 1. The topological polar surface area (TPSA) is 114 Å². The first-order valence-corrected chi connectivity index (χ1v) is 14.3. The number of phosphoric acid groups is 1. The van der Waals surface area contributed by atoms with Crippen molar-refractivity contribution in [2.24, 2.45) is 4.99 Å². The van der Waals surface area contributed by atoms with Crippen LogP contribution < -0.4 is 9.70 Å². The van der Waals surface area contributed by atoms with Gasteiger partial charge in [-0.2, -0.15) is 18.2 Å². The summed E-state index contributed by atoms with van der Waals surface area (Å²) >= 11 is 2.45. The Balaban J connectivity index is 1.72. The molecule has 38 heavy (non-hydrogen) atoms. The first-order chi connectivity index (χ1) is 17.8. The summed E-state index contributed by atoms with van der Waals surface area (Å²) < 4.78 is 75.7. The van der Waals surface area contributed by atoms with Crippen LogP contribution in [0, 0.1) is 5.82 Å². The molecule has 0 atom stereocenters. The van der Waals surface area contributed by atoms with E-state index in [1.807, 2.05) is 18.9 Å². The van der Waals surface area contributed by atoms with Crippen LogP contribution in [0.5, 0.6) is 0 Å². The highest BCUT2D eigenvalue weighted by Gasteiger charge is 2.34. The second kappa shape index (κ2) is 11.0. The van der Waals surface area contributed by atoms with Gasteiger partial charge in [0.2, 0.25) is 0 Å². The predicted octanol–water partition coefficient (Wildman–Crippen LogP) is 4.66. The summed E-state index contributed by atoms with van der Waals surface area (Å²) in [4.78, 5) is 38.3. The van der Waals surface area contributed by atoms with Gasteiger partial charge in [0.15, 0.2) is 4.80 Å². The van der Waals surface area contributed by atoms with Gasteiger partial charge < -0.3 is 19.4 Å². The van der Waals surface area contributed by atoms with Crippen LogP contribution in [-0.2, 0) is 51.0 Å². The molecule has 0 saturated carbocycles. The van der Waals surface area contributed by atoms with E-state index in [0.717, 1.165) is 43.0 Å². The lowest BCUT2D eigenvalue weighted by Gasteiger charge is -2.24. The number of carbonyl (C=O) groups is 1. The van der Waals surface area contributed by atoms with Crippen LogP contribution in [0.15, 0.2) is 28.6 Å². The SMILES string of the molecule is CCc1sc2c(c1CC(=O)/N=c1\scc(-c3ccc(C(F)(F)F)c(F)c3)n1COP(=O)(O)O)COCN2C. The zero-order valence-electron chi connectivity index (χ0n) is 20.0. The summed E-state index contributed by atoms with van der Waals surface area (Å²) in [5.41, 5.74) is 0.256.